The second-order valence-electron chi connectivity index (χ2n) is 5.61. The number of nitrogens with zero attached hydrogens (tertiary/aromatic N) is 3. The molecule has 2 heterocycles. The number of guanidine groups is 1. The Bertz CT molecular complexity index is 625. The van der Waals surface area contributed by atoms with E-state index in [1.54, 1.807) is 24.6 Å². The fraction of sp³-hybridized carbons (Fsp3) is 0.412. The Balaban J connectivity index is 1.80. The summed E-state index contributed by atoms with van der Waals surface area (Å²) < 4.78 is 0. The van der Waals surface area contributed by atoms with Crippen LogP contribution in [0.15, 0.2) is 40.8 Å². The molecule has 2 aromatic heterocycles. The molecule has 0 amide bonds. The number of aromatic nitrogens is 1. The molecule has 1 unspecified atom stereocenters. The lowest BCUT2D eigenvalue weighted by Gasteiger charge is -2.24. The molecular weight excluding hydrogens is 342 g/mol. The van der Waals surface area contributed by atoms with Gasteiger partial charge in [0, 0.05) is 31.2 Å². The van der Waals surface area contributed by atoms with Crippen LogP contribution in [0, 0.1) is 0 Å². The number of nitrogens with one attached hydrogen (secondary N) is 2. The van der Waals surface area contributed by atoms with Gasteiger partial charge in [-0.1, -0.05) is 23.7 Å². The summed E-state index contributed by atoms with van der Waals surface area (Å²) in [6.07, 6.45) is 2.67. The van der Waals surface area contributed by atoms with Crippen molar-refractivity contribution in [2.75, 3.05) is 34.2 Å². The molecule has 2 aromatic rings. The van der Waals surface area contributed by atoms with Crippen LogP contribution in [-0.2, 0) is 6.42 Å². The maximum Gasteiger partial charge on any atom is 0.191 e. The fourth-order valence-electron chi connectivity index (χ4n) is 2.31. The highest BCUT2D eigenvalue weighted by Gasteiger charge is 2.15. The first kappa shape index (κ1) is 18.7. The monoisotopic (exact) mass is 365 g/mol. The van der Waals surface area contributed by atoms with Crippen molar-refractivity contribution in [3.63, 3.8) is 0 Å². The molecule has 0 saturated heterocycles. The van der Waals surface area contributed by atoms with Crippen molar-refractivity contribution in [2.45, 2.75) is 12.5 Å². The number of hydrogen-bond acceptors (Lipinski definition) is 4. The van der Waals surface area contributed by atoms with Gasteiger partial charge >= 0.3 is 0 Å². The summed E-state index contributed by atoms with van der Waals surface area (Å²) in [5, 5.41) is 9.37. The van der Waals surface area contributed by atoms with E-state index < -0.39 is 0 Å². The predicted octanol–water partition coefficient (Wildman–Crippen LogP) is 2.81. The molecule has 2 N–H and O–H groups in total. The zero-order chi connectivity index (χ0) is 17.4. The summed E-state index contributed by atoms with van der Waals surface area (Å²) in [5.41, 5.74) is 1.15. The molecule has 0 saturated carbocycles. The van der Waals surface area contributed by atoms with Gasteiger partial charge in [-0.05, 0) is 43.6 Å². The maximum absolute atomic E-state index is 5.80. The summed E-state index contributed by atoms with van der Waals surface area (Å²) in [7, 11) is 5.97. The van der Waals surface area contributed by atoms with Gasteiger partial charge in [-0.15, -0.1) is 11.3 Å². The highest BCUT2D eigenvalue weighted by atomic mass is 35.5. The van der Waals surface area contributed by atoms with Crippen molar-refractivity contribution in [1.82, 2.24) is 20.5 Å². The lowest BCUT2D eigenvalue weighted by Crippen LogP contribution is -2.42. The van der Waals surface area contributed by atoms with Gasteiger partial charge in [0.1, 0.15) is 5.15 Å². The van der Waals surface area contributed by atoms with Crippen molar-refractivity contribution in [3.8, 4) is 0 Å². The Kier molecular flexibility index (Phi) is 7.49. The maximum atomic E-state index is 5.80. The summed E-state index contributed by atoms with van der Waals surface area (Å²) in [5.74, 6) is 0.806. The average molecular weight is 366 g/mol. The molecule has 0 radical (unpaired) electrons. The van der Waals surface area contributed by atoms with Crippen molar-refractivity contribution >= 4 is 28.9 Å². The normalized spacial score (nSPS) is 13.1. The van der Waals surface area contributed by atoms with Crippen LogP contribution in [0.5, 0.6) is 0 Å². The van der Waals surface area contributed by atoms with Crippen LogP contribution < -0.4 is 10.6 Å². The molecule has 5 nitrogen and oxygen atoms in total. The number of pyridine rings is 1. The molecule has 0 aliphatic rings. The molecule has 2 rings (SSSR count). The number of aliphatic imine (C=N–C) groups is 1. The van der Waals surface area contributed by atoms with Gasteiger partial charge < -0.3 is 15.5 Å². The van der Waals surface area contributed by atoms with E-state index in [9.17, 15) is 0 Å². The van der Waals surface area contributed by atoms with Gasteiger partial charge in [-0.25, -0.2) is 4.98 Å². The highest BCUT2D eigenvalue weighted by molar-refractivity contribution is 7.10. The third kappa shape index (κ3) is 5.78. The molecule has 130 valence electrons. The van der Waals surface area contributed by atoms with Gasteiger partial charge in [-0.3, -0.25) is 4.99 Å². The minimum atomic E-state index is 0.323. The van der Waals surface area contributed by atoms with E-state index in [-0.39, 0.29) is 0 Å². The second kappa shape index (κ2) is 9.61. The molecule has 0 aliphatic heterocycles. The minimum Gasteiger partial charge on any atom is -0.356 e. The van der Waals surface area contributed by atoms with Crippen molar-refractivity contribution in [2.24, 2.45) is 4.99 Å². The summed E-state index contributed by atoms with van der Waals surface area (Å²) in [6, 6.07) is 8.38. The lowest BCUT2D eigenvalue weighted by molar-refractivity contribution is 0.302. The second-order valence-corrected chi connectivity index (χ2v) is 6.98. The molecule has 24 heavy (non-hydrogen) atoms. The molecule has 1 atom stereocenters. The van der Waals surface area contributed by atoms with Crippen LogP contribution >= 0.6 is 22.9 Å². The van der Waals surface area contributed by atoms with E-state index in [4.69, 9.17) is 11.6 Å². The average Bonchev–Trinajstić information content (AvgIpc) is 3.09. The van der Waals surface area contributed by atoms with Crippen molar-refractivity contribution in [3.05, 3.63) is 51.4 Å². The zero-order valence-corrected chi connectivity index (χ0v) is 15.9. The Labute approximate surface area is 152 Å². The molecular formula is C17H24ClN5S. The molecule has 0 bridgehead atoms. The van der Waals surface area contributed by atoms with E-state index in [0.29, 0.717) is 11.2 Å². The van der Waals surface area contributed by atoms with Crippen LogP contribution in [0.3, 0.4) is 0 Å². The summed E-state index contributed by atoms with van der Waals surface area (Å²) >= 11 is 7.57. The first-order valence-electron chi connectivity index (χ1n) is 7.85. The van der Waals surface area contributed by atoms with Gasteiger partial charge in [0.05, 0.1) is 6.04 Å². The summed E-state index contributed by atoms with van der Waals surface area (Å²) in [6.45, 7) is 1.59. The molecule has 7 heteroatoms. The highest BCUT2D eigenvalue weighted by Crippen LogP contribution is 2.22. The Morgan fingerprint density at radius 1 is 1.33 bits per heavy atom. The van der Waals surface area contributed by atoms with Gasteiger partial charge in [0.2, 0.25) is 0 Å². The lowest BCUT2D eigenvalue weighted by atomic mass is 10.2. The van der Waals surface area contributed by atoms with E-state index in [1.165, 1.54) is 4.88 Å². The molecule has 0 aromatic carbocycles. The smallest absolute Gasteiger partial charge is 0.191 e. The topological polar surface area (TPSA) is 52.6 Å². The van der Waals surface area contributed by atoms with E-state index >= 15 is 0 Å². The Morgan fingerprint density at radius 2 is 2.17 bits per heavy atom. The first-order valence-corrected chi connectivity index (χ1v) is 9.10. The van der Waals surface area contributed by atoms with Crippen LogP contribution in [0.25, 0.3) is 0 Å². The molecule has 0 aliphatic carbocycles. The standard InChI is InChI=1S/C17H24ClN5S/c1-19-17(20-9-8-13-6-7-16(18)21-11-13)22-12-14(23(2)3)15-5-4-10-24-15/h4-7,10-11,14H,8-9,12H2,1-3H3,(H2,19,20,22). The van der Waals surface area contributed by atoms with E-state index in [1.807, 2.05) is 12.1 Å². The Hall–Kier alpha value is -1.63. The number of thiophene rings is 1. The third-order valence-electron chi connectivity index (χ3n) is 3.68. The van der Waals surface area contributed by atoms with Crippen LogP contribution in [-0.4, -0.2) is 50.1 Å². The minimum absolute atomic E-state index is 0.323. The number of hydrogen-bond donors (Lipinski definition) is 2. The fourth-order valence-corrected chi connectivity index (χ4v) is 3.35. The zero-order valence-electron chi connectivity index (χ0n) is 14.3. The first-order chi connectivity index (χ1) is 11.6. The van der Waals surface area contributed by atoms with Gasteiger partial charge in [0.15, 0.2) is 5.96 Å². The van der Waals surface area contributed by atoms with E-state index in [2.05, 4.69) is 57.1 Å². The predicted molar refractivity (Wildman–Crippen MR) is 103 cm³/mol. The van der Waals surface area contributed by atoms with E-state index in [0.717, 1.165) is 31.0 Å². The number of likely N-dealkylation sites (N-methyl/N-ethyl adjacent to an activating group) is 1. The van der Waals surface area contributed by atoms with Crippen molar-refractivity contribution < 1.29 is 0 Å². The Morgan fingerprint density at radius 3 is 2.75 bits per heavy atom. The van der Waals surface area contributed by atoms with Gasteiger partial charge in [0.25, 0.3) is 0 Å². The van der Waals surface area contributed by atoms with Crippen LogP contribution in [0.4, 0.5) is 0 Å². The molecule has 0 spiro atoms. The van der Waals surface area contributed by atoms with Crippen LogP contribution in [0.2, 0.25) is 5.15 Å². The van der Waals surface area contributed by atoms with Crippen molar-refractivity contribution in [1.29, 1.82) is 0 Å². The third-order valence-corrected chi connectivity index (χ3v) is 4.87. The van der Waals surface area contributed by atoms with Gasteiger partial charge in [-0.2, -0.15) is 0 Å². The quantitative estimate of drug-likeness (QED) is 0.450. The largest absolute Gasteiger partial charge is 0.356 e. The summed E-state index contributed by atoms with van der Waals surface area (Å²) in [4.78, 5) is 11.9. The number of halogens is 1. The molecule has 0 fully saturated rings. The SMILES string of the molecule is CN=C(NCCc1ccc(Cl)nc1)NCC(c1cccs1)N(C)C. The number of rotatable bonds is 7. The van der Waals surface area contributed by atoms with Crippen LogP contribution in [0.1, 0.15) is 16.5 Å².